The zero-order valence-corrected chi connectivity index (χ0v) is 16.1. The van der Waals surface area contributed by atoms with E-state index in [1.165, 1.54) is 24.8 Å². The predicted molar refractivity (Wildman–Crippen MR) is 94.5 cm³/mol. The summed E-state index contributed by atoms with van der Waals surface area (Å²) in [5.41, 5.74) is 4.31. The molecule has 0 amide bonds. The average Bonchev–Trinajstić information content (AvgIpc) is 2.98. The summed E-state index contributed by atoms with van der Waals surface area (Å²) in [7, 11) is 3.75. The standard InChI is InChI=1S/C9H10.C8H8.C2H7N.CH4.Y/c1-2-5-9-7-3-6-8(9)4-1;1-2-8-6-4-3-5-7-8;1-3-2;;/h1-2,4-5H,3,6-7H2;3-6H,1-2H2;3H,1-2H3;1H4;/q;-2;;;. The largest absolute Gasteiger partial charge is 0.341 e. The molecule has 0 saturated carbocycles. The van der Waals surface area contributed by atoms with Crippen LogP contribution in [0, 0.1) is 13.0 Å². The van der Waals surface area contributed by atoms with Crippen LogP contribution < -0.4 is 5.32 Å². The Kier molecular flexibility index (Phi) is 16.6. The van der Waals surface area contributed by atoms with Crippen LogP contribution in [0.25, 0.3) is 0 Å². The Labute approximate surface area is 162 Å². The van der Waals surface area contributed by atoms with Crippen molar-refractivity contribution < 1.29 is 32.7 Å². The zero-order chi connectivity index (χ0) is 14.6. The summed E-state index contributed by atoms with van der Waals surface area (Å²) in [6.45, 7) is 3.72. The van der Waals surface area contributed by atoms with E-state index in [1.807, 2.05) is 38.4 Å². The minimum atomic E-state index is 0. The van der Waals surface area contributed by atoms with Gasteiger partial charge in [-0.15, -0.1) is 0 Å². The Bertz CT molecular complexity index is 445. The zero-order valence-electron chi connectivity index (χ0n) is 13.2. The van der Waals surface area contributed by atoms with E-state index in [0.29, 0.717) is 0 Å². The molecule has 1 aliphatic carbocycles. The van der Waals surface area contributed by atoms with Gasteiger partial charge < -0.3 is 12.2 Å². The van der Waals surface area contributed by atoms with Gasteiger partial charge in [0.05, 0.1) is 0 Å². The molecule has 3 rings (SSSR count). The average molecular weight is 372 g/mol. The molecule has 0 aliphatic heterocycles. The molecule has 1 N–H and O–H groups in total. The Morgan fingerprint density at radius 1 is 1.00 bits per heavy atom. The number of fused-ring (bicyclic) bond motifs is 1. The first-order valence-electron chi connectivity index (χ1n) is 7.22. The second-order valence-corrected chi connectivity index (χ2v) is 4.76. The van der Waals surface area contributed by atoms with Crippen molar-refractivity contribution in [2.24, 2.45) is 0 Å². The fraction of sp³-hybridized carbons (Fsp3) is 0.350. The third-order valence-corrected chi connectivity index (χ3v) is 3.05. The molecule has 1 nitrogen and oxygen atoms in total. The quantitative estimate of drug-likeness (QED) is 0.727. The topological polar surface area (TPSA) is 12.0 Å². The van der Waals surface area contributed by atoms with E-state index in [2.05, 4.69) is 42.6 Å². The van der Waals surface area contributed by atoms with Crippen molar-refractivity contribution >= 4 is 0 Å². The summed E-state index contributed by atoms with van der Waals surface area (Å²) < 4.78 is 0. The number of rotatable bonds is 1. The molecule has 0 fully saturated rings. The maximum atomic E-state index is 3.72. The summed E-state index contributed by atoms with van der Waals surface area (Å²) >= 11 is 0. The predicted octanol–water partition coefficient (Wildman–Crippen LogP) is 4.51. The van der Waals surface area contributed by atoms with Gasteiger partial charge in [0, 0.05) is 32.7 Å². The summed E-state index contributed by atoms with van der Waals surface area (Å²) in [4.78, 5) is 0. The van der Waals surface area contributed by atoms with E-state index in [4.69, 9.17) is 0 Å². The van der Waals surface area contributed by atoms with Crippen molar-refractivity contribution in [2.75, 3.05) is 14.1 Å². The van der Waals surface area contributed by atoms with Gasteiger partial charge in [0.1, 0.15) is 0 Å². The van der Waals surface area contributed by atoms with Crippen molar-refractivity contribution in [3.05, 3.63) is 78.2 Å². The third kappa shape index (κ3) is 9.51. The van der Waals surface area contributed by atoms with Crippen LogP contribution in [0.1, 0.15) is 30.5 Å². The van der Waals surface area contributed by atoms with Crippen LogP contribution in [0.3, 0.4) is 0 Å². The second kappa shape index (κ2) is 15.4. The summed E-state index contributed by atoms with van der Waals surface area (Å²) in [6, 6.07) is 19.7. The van der Waals surface area contributed by atoms with Gasteiger partial charge in [0.15, 0.2) is 0 Å². The molecule has 0 heterocycles. The first kappa shape index (κ1) is 23.8. The number of benzene rings is 2. The van der Waals surface area contributed by atoms with E-state index in [-0.39, 0.29) is 40.1 Å². The molecule has 0 bridgehead atoms. The fourth-order valence-electron chi connectivity index (χ4n) is 2.10. The van der Waals surface area contributed by atoms with Gasteiger partial charge in [-0.1, -0.05) is 31.7 Å². The van der Waals surface area contributed by atoms with Crippen LogP contribution in [0.15, 0.2) is 48.5 Å². The van der Waals surface area contributed by atoms with Crippen molar-refractivity contribution in [1.82, 2.24) is 5.32 Å². The maximum absolute atomic E-state index is 3.72. The van der Waals surface area contributed by atoms with Crippen molar-refractivity contribution in [3.8, 4) is 0 Å². The molecule has 2 aromatic rings. The van der Waals surface area contributed by atoms with Gasteiger partial charge in [-0.05, 0) is 44.5 Å². The SMILES string of the molecule is C.CNC.[CH2-]Cc1[c-]cccc1.[Y].c1ccc2c(c1)CCC2. The number of hydrogen-bond donors (Lipinski definition) is 1. The summed E-state index contributed by atoms with van der Waals surface area (Å²) in [5.74, 6) is 0. The summed E-state index contributed by atoms with van der Waals surface area (Å²) in [5, 5.41) is 2.75. The van der Waals surface area contributed by atoms with E-state index in [1.54, 1.807) is 11.1 Å². The number of aryl methyl sites for hydroxylation is 2. The second-order valence-electron chi connectivity index (χ2n) is 4.76. The van der Waals surface area contributed by atoms with E-state index in [9.17, 15) is 0 Å². The Hall–Kier alpha value is -0.496. The molecule has 0 unspecified atom stereocenters. The van der Waals surface area contributed by atoms with Gasteiger partial charge in [-0.3, -0.25) is 0 Å². The van der Waals surface area contributed by atoms with Gasteiger partial charge in [0.2, 0.25) is 0 Å². The molecular weight excluding hydrogens is 343 g/mol. The van der Waals surface area contributed by atoms with Crippen molar-refractivity contribution in [2.45, 2.75) is 33.1 Å². The first-order valence-corrected chi connectivity index (χ1v) is 7.22. The minimum absolute atomic E-state index is 0. The molecule has 22 heavy (non-hydrogen) atoms. The molecule has 119 valence electrons. The van der Waals surface area contributed by atoms with E-state index in [0.717, 1.165) is 6.42 Å². The minimum Gasteiger partial charge on any atom is -0.341 e. The molecule has 1 aliphatic rings. The monoisotopic (exact) mass is 372 g/mol. The van der Waals surface area contributed by atoms with Gasteiger partial charge in [-0.2, -0.15) is 42.3 Å². The molecule has 0 saturated heterocycles. The molecule has 1 radical (unpaired) electrons. The smallest absolute Gasteiger partial charge is 0 e. The van der Waals surface area contributed by atoms with Crippen LogP contribution in [-0.2, 0) is 52.0 Å². The van der Waals surface area contributed by atoms with Crippen LogP contribution >= 0.6 is 0 Å². The molecule has 2 aromatic carbocycles. The Morgan fingerprint density at radius 2 is 1.50 bits per heavy atom. The third-order valence-electron chi connectivity index (χ3n) is 3.05. The molecule has 2 heteroatoms. The number of hydrogen-bond acceptors (Lipinski definition) is 1. The van der Waals surface area contributed by atoms with Crippen LogP contribution in [0.4, 0.5) is 0 Å². The maximum Gasteiger partial charge on any atom is 0 e. The molecule has 0 atom stereocenters. The molecular formula is C20H29NY-2. The molecule has 0 spiro atoms. The number of nitrogens with one attached hydrogen (secondary N) is 1. The van der Waals surface area contributed by atoms with E-state index >= 15 is 0 Å². The van der Waals surface area contributed by atoms with E-state index < -0.39 is 0 Å². The fourth-order valence-corrected chi connectivity index (χ4v) is 2.10. The normalized spacial score (nSPS) is 10.5. The Morgan fingerprint density at radius 3 is 1.86 bits per heavy atom. The van der Waals surface area contributed by atoms with Gasteiger partial charge >= 0.3 is 0 Å². The van der Waals surface area contributed by atoms with Crippen molar-refractivity contribution in [1.29, 1.82) is 0 Å². The van der Waals surface area contributed by atoms with Gasteiger partial charge in [0.25, 0.3) is 0 Å². The van der Waals surface area contributed by atoms with Crippen LogP contribution in [0.2, 0.25) is 0 Å². The van der Waals surface area contributed by atoms with Gasteiger partial charge in [-0.25, -0.2) is 0 Å². The van der Waals surface area contributed by atoms with Crippen LogP contribution in [0.5, 0.6) is 0 Å². The van der Waals surface area contributed by atoms with Crippen LogP contribution in [-0.4, -0.2) is 14.1 Å². The molecule has 0 aromatic heterocycles. The first-order chi connectivity index (χ1) is 9.81. The van der Waals surface area contributed by atoms with Crippen molar-refractivity contribution in [3.63, 3.8) is 0 Å². The Balaban J connectivity index is 0. The summed E-state index contributed by atoms with van der Waals surface area (Å²) in [6.07, 6.45) is 4.80.